The van der Waals surface area contributed by atoms with Crippen molar-refractivity contribution < 1.29 is 14.3 Å². The number of hydrogen-bond donors (Lipinski definition) is 1. The first kappa shape index (κ1) is 11.5. The van der Waals surface area contributed by atoms with Gasteiger partial charge in [-0.1, -0.05) is 6.92 Å². The molecule has 17 heavy (non-hydrogen) atoms. The Kier molecular flexibility index (Phi) is 3.32. The van der Waals surface area contributed by atoms with Crippen LogP contribution in [0.3, 0.4) is 0 Å². The predicted molar refractivity (Wildman–Crippen MR) is 66.0 cm³/mol. The first-order chi connectivity index (χ1) is 8.28. The van der Waals surface area contributed by atoms with E-state index in [9.17, 15) is 4.79 Å². The Bertz CT molecular complexity index is 531. The van der Waals surface area contributed by atoms with Gasteiger partial charge in [0.2, 0.25) is 0 Å². The van der Waals surface area contributed by atoms with Crippen LogP contribution in [0.4, 0.5) is 0 Å². The lowest BCUT2D eigenvalue weighted by atomic mass is 10.2. The van der Waals surface area contributed by atoms with Crippen LogP contribution in [0.15, 0.2) is 18.2 Å². The van der Waals surface area contributed by atoms with Gasteiger partial charge in [0, 0.05) is 17.0 Å². The van der Waals surface area contributed by atoms with Gasteiger partial charge in [-0.3, -0.25) is 4.79 Å². The molecule has 0 bridgehead atoms. The Morgan fingerprint density at radius 1 is 1.29 bits per heavy atom. The fourth-order valence-corrected chi connectivity index (χ4v) is 1.71. The third-order valence-electron chi connectivity index (χ3n) is 2.51. The van der Waals surface area contributed by atoms with Crippen molar-refractivity contribution in [3.05, 3.63) is 23.9 Å². The fraction of sp³-hybridized carbons (Fsp3) is 0.308. The van der Waals surface area contributed by atoms with Gasteiger partial charge in [0.05, 0.1) is 19.4 Å². The Balaban J connectivity index is 2.46. The SMILES string of the molecule is CCCOc1cc2cc(C=O)[nH]c2cc1OC. The molecule has 4 nitrogen and oxygen atoms in total. The van der Waals surface area contributed by atoms with E-state index in [1.807, 2.05) is 19.1 Å². The van der Waals surface area contributed by atoms with Gasteiger partial charge in [-0.25, -0.2) is 0 Å². The lowest BCUT2D eigenvalue weighted by Gasteiger charge is -2.09. The standard InChI is InChI=1S/C13H15NO3/c1-3-4-17-13-6-9-5-10(8-15)14-11(9)7-12(13)16-2/h5-8,14H,3-4H2,1-2H3. The van der Waals surface area contributed by atoms with Gasteiger partial charge in [0.1, 0.15) is 0 Å². The molecule has 0 fully saturated rings. The number of carbonyl (C=O) groups is 1. The number of aromatic amines is 1. The number of aldehydes is 1. The van der Waals surface area contributed by atoms with Crippen LogP contribution < -0.4 is 9.47 Å². The Morgan fingerprint density at radius 2 is 2.12 bits per heavy atom. The van der Waals surface area contributed by atoms with Gasteiger partial charge >= 0.3 is 0 Å². The average molecular weight is 233 g/mol. The zero-order valence-electron chi connectivity index (χ0n) is 9.95. The molecule has 2 rings (SSSR count). The van der Waals surface area contributed by atoms with Crippen molar-refractivity contribution in [2.75, 3.05) is 13.7 Å². The first-order valence-corrected chi connectivity index (χ1v) is 5.57. The molecule has 2 aromatic rings. The molecule has 0 amide bonds. The van der Waals surface area contributed by atoms with Crippen LogP contribution in [0.1, 0.15) is 23.8 Å². The van der Waals surface area contributed by atoms with E-state index >= 15 is 0 Å². The Hall–Kier alpha value is -1.97. The van der Waals surface area contributed by atoms with Crippen molar-refractivity contribution in [3.63, 3.8) is 0 Å². The van der Waals surface area contributed by atoms with Crippen molar-refractivity contribution in [2.45, 2.75) is 13.3 Å². The van der Waals surface area contributed by atoms with E-state index in [4.69, 9.17) is 9.47 Å². The van der Waals surface area contributed by atoms with Crippen LogP contribution in [-0.4, -0.2) is 25.0 Å². The fourth-order valence-electron chi connectivity index (χ4n) is 1.71. The third-order valence-corrected chi connectivity index (χ3v) is 2.51. The van der Waals surface area contributed by atoms with E-state index in [1.165, 1.54) is 0 Å². The lowest BCUT2D eigenvalue weighted by Crippen LogP contribution is -1.97. The van der Waals surface area contributed by atoms with Crippen LogP contribution in [-0.2, 0) is 0 Å². The zero-order valence-corrected chi connectivity index (χ0v) is 9.95. The van der Waals surface area contributed by atoms with Crippen molar-refractivity contribution in [1.29, 1.82) is 0 Å². The van der Waals surface area contributed by atoms with Crippen LogP contribution in [0, 0.1) is 0 Å². The quantitative estimate of drug-likeness (QED) is 0.808. The van der Waals surface area contributed by atoms with Crippen LogP contribution in [0.5, 0.6) is 11.5 Å². The topological polar surface area (TPSA) is 51.3 Å². The van der Waals surface area contributed by atoms with E-state index in [1.54, 1.807) is 13.2 Å². The number of rotatable bonds is 5. The van der Waals surface area contributed by atoms with Crippen molar-refractivity contribution in [2.24, 2.45) is 0 Å². The number of methoxy groups -OCH3 is 1. The molecule has 0 saturated heterocycles. The summed E-state index contributed by atoms with van der Waals surface area (Å²) in [7, 11) is 1.60. The zero-order chi connectivity index (χ0) is 12.3. The highest BCUT2D eigenvalue weighted by molar-refractivity contribution is 5.90. The minimum absolute atomic E-state index is 0.551. The minimum atomic E-state index is 0.551. The molecule has 0 spiro atoms. The molecular formula is C13H15NO3. The summed E-state index contributed by atoms with van der Waals surface area (Å²) >= 11 is 0. The second-order valence-electron chi connectivity index (χ2n) is 3.78. The number of aromatic nitrogens is 1. The highest BCUT2D eigenvalue weighted by Gasteiger charge is 2.08. The molecule has 0 aliphatic heterocycles. The number of H-pyrrole nitrogens is 1. The molecule has 1 aromatic carbocycles. The second-order valence-corrected chi connectivity index (χ2v) is 3.78. The number of carbonyl (C=O) groups excluding carboxylic acids is 1. The van der Waals surface area contributed by atoms with E-state index in [2.05, 4.69) is 4.98 Å². The van der Waals surface area contributed by atoms with E-state index in [-0.39, 0.29) is 0 Å². The molecule has 0 unspecified atom stereocenters. The molecule has 0 saturated carbocycles. The van der Waals surface area contributed by atoms with Crippen molar-refractivity contribution >= 4 is 17.2 Å². The maximum atomic E-state index is 10.7. The normalized spacial score (nSPS) is 10.5. The molecule has 1 N–H and O–H groups in total. The molecule has 0 aliphatic carbocycles. The molecule has 0 atom stereocenters. The highest BCUT2D eigenvalue weighted by Crippen LogP contribution is 2.32. The number of fused-ring (bicyclic) bond motifs is 1. The van der Waals surface area contributed by atoms with Gasteiger partial charge in [-0.05, 0) is 18.6 Å². The minimum Gasteiger partial charge on any atom is -0.493 e. The summed E-state index contributed by atoms with van der Waals surface area (Å²) < 4.78 is 10.9. The summed E-state index contributed by atoms with van der Waals surface area (Å²) in [6, 6.07) is 5.52. The summed E-state index contributed by atoms with van der Waals surface area (Å²) in [5.41, 5.74) is 1.42. The predicted octanol–water partition coefficient (Wildman–Crippen LogP) is 2.78. The molecule has 90 valence electrons. The number of benzene rings is 1. The third kappa shape index (κ3) is 2.25. The second kappa shape index (κ2) is 4.91. The number of ether oxygens (including phenoxy) is 2. The van der Waals surface area contributed by atoms with Gasteiger partial charge in [-0.15, -0.1) is 0 Å². The summed E-state index contributed by atoms with van der Waals surface area (Å²) in [4.78, 5) is 13.7. The first-order valence-electron chi connectivity index (χ1n) is 5.57. The van der Waals surface area contributed by atoms with E-state index < -0.39 is 0 Å². The molecular weight excluding hydrogens is 218 g/mol. The summed E-state index contributed by atoms with van der Waals surface area (Å²) in [6.45, 7) is 2.69. The number of nitrogens with one attached hydrogen (secondary N) is 1. The molecule has 1 heterocycles. The highest BCUT2D eigenvalue weighted by atomic mass is 16.5. The van der Waals surface area contributed by atoms with Crippen LogP contribution in [0.2, 0.25) is 0 Å². The van der Waals surface area contributed by atoms with Gasteiger partial charge in [0.15, 0.2) is 17.8 Å². The van der Waals surface area contributed by atoms with Crippen molar-refractivity contribution in [3.8, 4) is 11.5 Å². The van der Waals surface area contributed by atoms with E-state index in [0.29, 0.717) is 23.8 Å². The largest absolute Gasteiger partial charge is 0.493 e. The van der Waals surface area contributed by atoms with Crippen molar-refractivity contribution in [1.82, 2.24) is 4.98 Å². The van der Waals surface area contributed by atoms with Gasteiger partial charge < -0.3 is 14.5 Å². The Labute approximate surface area is 99.5 Å². The smallest absolute Gasteiger partial charge is 0.166 e. The monoisotopic (exact) mass is 233 g/mol. The summed E-state index contributed by atoms with van der Waals surface area (Å²) in [5.74, 6) is 1.38. The maximum absolute atomic E-state index is 10.7. The molecule has 0 radical (unpaired) electrons. The lowest BCUT2D eigenvalue weighted by molar-refractivity contribution is 0.112. The molecule has 1 aromatic heterocycles. The Morgan fingerprint density at radius 3 is 2.76 bits per heavy atom. The molecule has 4 heteroatoms. The molecule has 0 aliphatic rings. The number of hydrogen-bond acceptors (Lipinski definition) is 3. The van der Waals surface area contributed by atoms with Gasteiger partial charge in [-0.2, -0.15) is 0 Å². The van der Waals surface area contributed by atoms with Gasteiger partial charge in [0.25, 0.3) is 0 Å². The average Bonchev–Trinajstić information content (AvgIpc) is 2.76. The maximum Gasteiger partial charge on any atom is 0.166 e. The van der Waals surface area contributed by atoms with E-state index in [0.717, 1.165) is 23.6 Å². The summed E-state index contributed by atoms with van der Waals surface area (Å²) in [5, 5.41) is 0.944. The van der Waals surface area contributed by atoms with Crippen LogP contribution >= 0.6 is 0 Å². The summed E-state index contributed by atoms with van der Waals surface area (Å²) in [6.07, 6.45) is 1.73. The van der Waals surface area contributed by atoms with Crippen LogP contribution in [0.25, 0.3) is 10.9 Å².